The number of benzene rings is 3. The molecular formula is C29H28N2O7. The molecular weight excluding hydrogens is 488 g/mol. The summed E-state index contributed by atoms with van der Waals surface area (Å²) >= 11 is 0. The number of furan rings is 1. The number of rotatable bonds is 9. The smallest absolute Gasteiger partial charge is 0.291 e. The number of ether oxygens (including phenoxy) is 3. The van der Waals surface area contributed by atoms with Gasteiger partial charge in [-0.3, -0.25) is 14.9 Å². The van der Waals surface area contributed by atoms with Gasteiger partial charge >= 0.3 is 0 Å². The number of para-hydroxylation sites is 2. The summed E-state index contributed by atoms with van der Waals surface area (Å²) in [6.45, 7) is 6.55. The molecule has 0 aliphatic heterocycles. The van der Waals surface area contributed by atoms with Crippen molar-refractivity contribution in [3.8, 4) is 23.0 Å². The Morgan fingerprint density at radius 2 is 1.66 bits per heavy atom. The van der Waals surface area contributed by atoms with Crippen molar-refractivity contribution in [2.75, 3.05) is 12.4 Å². The zero-order chi connectivity index (χ0) is 27.3. The molecule has 0 fully saturated rings. The number of carbonyl (C=O) groups excluding carboxylic acids is 1. The molecule has 3 aromatic carbocycles. The highest BCUT2D eigenvalue weighted by Gasteiger charge is 2.17. The van der Waals surface area contributed by atoms with Crippen molar-refractivity contribution in [2.24, 2.45) is 0 Å². The summed E-state index contributed by atoms with van der Waals surface area (Å²) in [4.78, 5) is 23.7. The van der Waals surface area contributed by atoms with Crippen molar-refractivity contribution in [3.05, 3.63) is 106 Å². The maximum atomic E-state index is 12.8. The van der Waals surface area contributed by atoms with Gasteiger partial charge in [0, 0.05) is 12.1 Å². The first-order chi connectivity index (χ1) is 18.1. The molecule has 1 N–H and O–H groups in total. The lowest BCUT2D eigenvalue weighted by Crippen LogP contribution is -2.11. The van der Waals surface area contributed by atoms with Gasteiger partial charge in [-0.15, -0.1) is 0 Å². The first kappa shape index (κ1) is 26.3. The number of nitrogens with zero attached hydrogens (tertiary/aromatic N) is 1. The van der Waals surface area contributed by atoms with Crippen LogP contribution in [0.4, 0.5) is 11.4 Å². The highest BCUT2D eigenvalue weighted by Crippen LogP contribution is 2.34. The lowest BCUT2D eigenvalue weighted by molar-refractivity contribution is -0.384. The number of hydrogen-bond donors (Lipinski definition) is 1. The molecule has 0 spiro atoms. The van der Waals surface area contributed by atoms with E-state index in [0.29, 0.717) is 23.0 Å². The van der Waals surface area contributed by atoms with Crippen LogP contribution < -0.4 is 19.5 Å². The summed E-state index contributed by atoms with van der Waals surface area (Å²) in [5, 5.41) is 14.1. The van der Waals surface area contributed by atoms with E-state index in [1.807, 2.05) is 24.3 Å². The normalized spacial score (nSPS) is 11.1. The third kappa shape index (κ3) is 6.50. The number of nitro benzene ring substituents is 1. The number of hydrogen-bond acceptors (Lipinski definition) is 7. The monoisotopic (exact) mass is 516 g/mol. The second kappa shape index (κ2) is 11.1. The molecule has 0 saturated carbocycles. The minimum atomic E-state index is -0.575. The molecule has 0 bridgehead atoms. The molecule has 1 amide bonds. The van der Waals surface area contributed by atoms with E-state index >= 15 is 0 Å². The summed E-state index contributed by atoms with van der Waals surface area (Å²) in [5.74, 6) is 1.58. The summed E-state index contributed by atoms with van der Waals surface area (Å²) < 4.78 is 22.5. The first-order valence-corrected chi connectivity index (χ1v) is 11.9. The van der Waals surface area contributed by atoms with Gasteiger partial charge in [-0.2, -0.15) is 0 Å². The molecule has 1 heterocycles. The van der Waals surface area contributed by atoms with Crippen LogP contribution in [0, 0.1) is 10.1 Å². The standard InChI is InChI=1S/C29H28N2O7/c1-29(2,3)19-9-11-22(12-10-19)36-18-23-13-14-27(37-23)28(32)30-20-15-21(31(33)34)17-24(16-20)38-26-8-6-5-7-25(26)35-4/h5-17H,18H2,1-4H3,(H,30,32). The largest absolute Gasteiger partial charge is 0.493 e. The van der Waals surface area contributed by atoms with E-state index in [0.717, 1.165) is 0 Å². The summed E-state index contributed by atoms with van der Waals surface area (Å²) in [7, 11) is 1.49. The van der Waals surface area contributed by atoms with Gasteiger partial charge in [0.05, 0.1) is 23.8 Å². The molecule has 4 rings (SSSR count). The SMILES string of the molecule is COc1ccccc1Oc1cc(NC(=O)c2ccc(COc3ccc(C(C)(C)C)cc3)o2)cc([N+](=O)[O-])c1. The van der Waals surface area contributed by atoms with E-state index in [9.17, 15) is 14.9 Å². The predicted octanol–water partition coefficient (Wildman–Crippen LogP) is 7.12. The number of methoxy groups -OCH3 is 1. The van der Waals surface area contributed by atoms with Crippen molar-refractivity contribution >= 4 is 17.3 Å². The first-order valence-electron chi connectivity index (χ1n) is 11.9. The Hall–Kier alpha value is -4.79. The Labute approximate surface area is 220 Å². The number of carbonyl (C=O) groups is 1. The lowest BCUT2D eigenvalue weighted by Gasteiger charge is -2.19. The fourth-order valence-electron chi connectivity index (χ4n) is 3.63. The average Bonchev–Trinajstić information content (AvgIpc) is 3.37. The van der Waals surface area contributed by atoms with E-state index in [-0.39, 0.29) is 34.9 Å². The Morgan fingerprint density at radius 3 is 2.32 bits per heavy atom. The maximum Gasteiger partial charge on any atom is 0.291 e. The van der Waals surface area contributed by atoms with Crippen LogP contribution in [0.2, 0.25) is 0 Å². The summed E-state index contributed by atoms with van der Waals surface area (Å²) in [6.07, 6.45) is 0. The molecule has 0 radical (unpaired) electrons. The van der Waals surface area contributed by atoms with Crippen LogP contribution in [0.3, 0.4) is 0 Å². The molecule has 1 aromatic heterocycles. The zero-order valence-corrected chi connectivity index (χ0v) is 21.5. The van der Waals surface area contributed by atoms with Gasteiger partial charge < -0.3 is 23.9 Å². The summed E-state index contributed by atoms with van der Waals surface area (Å²) in [5.41, 5.74) is 1.16. The van der Waals surface area contributed by atoms with E-state index in [1.54, 1.807) is 30.3 Å². The van der Waals surface area contributed by atoms with Gasteiger partial charge in [-0.1, -0.05) is 45.0 Å². The van der Waals surface area contributed by atoms with Gasteiger partial charge in [0.15, 0.2) is 17.3 Å². The van der Waals surface area contributed by atoms with Gasteiger partial charge in [-0.05, 0) is 47.4 Å². The maximum absolute atomic E-state index is 12.8. The van der Waals surface area contributed by atoms with Gasteiger partial charge in [0.25, 0.3) is 11.6 Å². The molecule has 9 nitrogen and oxygen atoms in total. The minimum absolute atomic E-state index is 0.0328. The van der Waals surface area contributed by atoms with Crippen LogP contribution >= 0.6 is 0 Å². The number of anilines is 1. The molecule has 4 aromatic rings. The van der Waals surface area contributed by atoms with E-state index in [1.165, 1.54) is 36.9 Å². The van der Waals surface area contributed by atoms with Crippen LogP contribution in [0.1, 0.15) is 42.6 Å². The van der Waals surface area contributed by atoms with Crippen LogP contribution in [-0.4, -0.2) is 17.9 Å². The number of amides is 1. The van der Waals surface area contributed by atoms with Crippen molar-refractivity contribution in [2.45, 2.75) is 32.8 Å². The Kier molecular flexibility index (Phi) is 7.66. The second-order valence-electron chi connectivity index (χ2n) is 9.51. The molecule has 0 aliphatic carbocycles. The summed E-state index contributed by atoms with van der Waals surface area (Å²) in [6, 6.07) is 21.8. The fourth-order valence-corrected chi connectivity index (χ4v) is 3.63. The third-order valence-electron chi connectivity index (χ3n) is 5.64. The number of nitro groups is 1. The highest BCUT2D eigenvalue weighted by molar-refractivity contribution is 6.02. The number of non-ortho nitro benzene ring substituents is 1. The lowest BCUT2D eigenvalue weighted by atomic mass is 9.87. The molecule has 0 saturated heterocycles. The molecule has 196 valence electrons. The van der Waals surface area contributed by atoms with Gasteiger partial charge in [-0.25, -0.2) is 0 Å². The van der Waals surface area contributed by atoms with Gasteiger partial charge in [0.2, 0.25) is 0 Å². The van der Waals surface area contributed by atoms with E-state index in [4.69, 9.17) is 18.6 Å². The Morgan fingerprint density at radius 1 is 0.947 bits per heavy atom. The van der Waals surface area contributed by atoms with Crippen LogP contribution in [0.25, 0.3) is 0 Å². The van der Waals surface area contributed by atoms with Crippen molar-refractivity contribution in [3.63, 3.8) is 0 Å². The van der Waals surface area contributed by atoms with Crippen molar-refractivity contribution in [1.82, 2.24) is 0 Å². The minimum Gasteiger partial charge on any atom is -0.493 e. The van der Waals surface area contributed by atoms with Gasteiger partial charge in [0.1, 0.15) is 23.9 Å². The topological polar surface area (TPSA) is 113 Å². The Bertz CT molecular complexity index is 1440. The predicted molar refractivity (Wildman–Crippen MR) is 142 cm³/mol. The van der Waals surface area contributed by atoms with Crippen LogP contribution in [-0.2, 0) is 12.0 Å². The highest BCUT2D eigenvalue weighted by atomic mass is 16.6. The average molecular weight is 517 g/mol. The van der Waals surface area contributed by atoms with Crippen molar-refractivity contribution in [1.29, 1.82) is 0 Å². The molecule has 38 heavy (non-hydrogen) atoms. The molecule has 0 atom stereocenters. The number of nitrogens with one attached hydrogen (secondary N) is 1. The van der Waals surface area contributed by atoms with E-state index < -0.39 is 10.8 Å². The second-order valence-corrected chi connectivity index (χ2v) is 9.51. The van der Waals surface area contributed by atoms with Crippen molar-refractivity contribution < 1.29 is 28.3 Å². The fraction of sp³-hybridized carbons (Fsp3) is 0.207. The third-order valence-corrected chi connectivity index (χ3v) is 5.64. The zero-order valence-electron chi connectivity index (χ0n) is 21.5. The molecule has 0 aliphatic rings. The molecule has 0 unspecified atom stereocenters. The quantitative estimate of drug-likeness (QED) is 0.186. The molecule has 9 heteroatoms. The van der Waals surface area contributed by atoms with Crippen LogP contribution in [0.5, 0.6) is 23.0 Å². The Balaban J connectivity index is 1.44. The van der Waals surface area contributed by atoms with E-state index in [2.05, 4.69) is 26.1 Å². The van der Waals surface area contributed by atoms with Crippen LogP contribution in [0.15, 0.2) is 83.3 Å².